The van der Waals surface area contributed by atoms with Crippen molar-refractivity contribution < 1.29 is 14.6 Å². The van der Waals surface area contributed by atoms with Gasteiger partial charge in [0.25, 0.3) is 0 Å². The van der Waals surface area contributed by atoms with Crippen LogP contribution in [0.4, 0.5) is 0 Å². The van der Waals surface area contributed by atoms with Crippen molar-refractivity contribution in [1.29, 1.82) is 0 Å². The molecule has 0 unspecified atom stereocenters. The molecule has 3 nitrogen and oxygen atoms in total. The summed E-state index contributed by atoms with van der Waals surface area (Å²) < 4.78 is 11.0. The second-order valence-electron chi connectivity index (χ2n) is 4.25. The summed E-state index contributed by atoms with van der Waals surface area (Å²) in [5.41, 5.74) is 1.05. The van der Waals surface area contributed by atoms with Crippen LogP contribution in [0.1, 0.15) is 20.8 Å². The summed E-state index contributed by atoms with van der Waals surface area (Å²) in [4.78, 5) is 0. The molecule has 1 N–H and O–H groups in total. The zero-order valence-electron chi connectivity index (χ0n) is 8.54. The molecule has 1 saturated heterocycles. The average molecular weight is 186 g/mol. The summed E-state index contributed by atoms with van der Waals surface area (Å²) >= 11 is 0. The monoisotopic (exact) mass is 186 g/mol. The number of aliphatic hydroxyl groups excluding tert-OH is 1. The molecule has 1 rings (SSSR count). The fourth-order valence-corrected chi connectivity index (χ4v) is 1.20. The second kappa shape index (κ2) is 4.22. The zero-order chi connectivity index (χ0) is 9.90. The van der Waals surface area contributed by atoms with Gasteiger partial charge in [-0.15, -0.1) is 0 Å². The van der Waals surface area contributed by atoms with Crippen molar-refractivity contribution >= 4 is 0 Å². The summed E-state index contributed by atoms with van der Waals surface area (Å²) in [7, 11) is 0. The van der Waals surface area contributed by atoms with Crippen LogP contribution in [0.3, 0.4) is 0 Å². The molecule has 76 valence electrons. The molecule has 0 radical (unpaired) electrons. The minimum atomic E-state index is -0.264. The quantitative estimate of drug-likeness (QED) is 0.661. The highest BCUT2D eigenvalue weighted by atomic mass is 16.7. The van der Waals surface area contributed by atoms with Crippen molar-refractivity contribution in [3.05, 3.63) is 11.6 Å². The Morgan fingerprint density at radius 2 is 2.00 bits per heavy atom. The van der Waals surface area contributed by atoms with Crippen molar-refractivity contribution in [2.75, 3.05) is 19.8 Å². The summed E-state index contributed by atoms with van der Waals surface area (Å²) in [6.07, 6.45) is 1.45. The van der Waals surface area contributed by atoms with Crippen molar-refractivity contribution in [2.24, 2.45) is 5.41 Å². The van der Waals surface area contributed by atoms with Crippen LogP contribution in [0, 0.1) is 5.41 Å². The Balaban J connectivity index is 2.45. The van der Waals surface area contributed by atoms with Gasteiger partial charge in [0.1, 0.15) is 0 Å². The standard InChI is InChI=1S/C10H18O3/c1-8(4-5-11)9-12-6-10(2,3)7-13-9/h4,9,11H,5-7H2,1-3H3. The highest BCUT2D eigenvalue weighted by Crippen LogP contribution is 2.25. The molecule has 1 heterocycles. The predicted octanol–water partition coefficient (Wildman–Crippen LogP) is 1.32. The third kappa shape index (κ3) is 3.10. The van der Waals surface area contributed by atoms with E-state index in [1.165, 1.54) is 0 Å². The predicted molar refractivity (Wildman–Crippen MR) is 50.3 cm³/mol. The van der Waals surface area contributed by atoms with Crippen molar-refractivity contribution in [3.63, 3.8) is 0 Å². The Kier molecular flexibility index (Phi) is 3.47. The van der Waals surface area contributed by atoms with E-state index in [2.05, 4.69) is 13.8 Å². The molecule has 0 spiro atoms. The fourth-order valence-electron chi connectivity index (χ4n) is 1.20. The number of aliphatic hydroxyl groups is 1. The number of ether oxygens (including phenoxy) is 2. The van der Waals surface area contributed by atoms with Crippen molar-refractivity contribution in [2.45, 2.75) is 27.1 Å². The van der Waals surface area contributed by atoms with Crippen LogP contribution in [-0.4, -0.2) is 31.2 Å². The third-order valence-corrected chi connectivity index (χ3v) is 2.04. The fraction of sp³-hybridized carbons (Fsp3) is 0.800. The summed E-state index contributed by atoms with van der Waals surface area (Å²) in [6, 6.07) is 0. The molecule has 3 heteroatoms. The van der Waals surface area contributed by atoms with Crippen LogP contribution in [-0.2, 0) is 9.47 Å². The van der Waals surface area contributed by atoms with Crippen LogP contribution in [0.5, 0.6) is 0 Å². The maximum absolute atomic E-state index is 8.68. The van der Waals surface area contributed by atoms with E-state index in [1.807, 2.05) is 6.92 Å². The van der Waals surface area contributed by atoms with Gasteiger partial charge in [-0.05, 0) is 12.5 Å². The lowest BCUT2D eigenvalue weighted by atomic mass is 9.95. The topological polar surface area (TPSA) is 38.7 Å². The van der Waals surface area contributed by atoms with Gasteiger partial charge in [0.2, 0.25) is 0 Å². The Morgan fingerprint density at radius 3 is 2.46 bits per heavy atom. The number of hydrogen-bond donors (Lipinski definition) is 1. The lowest BCUT2D eigenvalue weighted by Gasteiger charge is -2.34. The van der Waals surface area contributed by atoms with Crippen LogP contribution in [0.2, 0.25) is 0 Å². The Hall–Kier alpha value is -0.380. The summed E-state index contributed by atoms with van der Waals surface area (Å²) in [5.74, 6) is 0. The van der Waals surface area contributed by atoms with Gasteiger partial charge in [-0.25, -0.2) is 0 Å². The van der Waals surface area contributed by atoms with Gasteiger partial charge in [0, 0.05) is 5.41 Å². The first-order chi connectivity index (χ1) is 6.05. The minimum absolute atomic E-state index is 0.0401. The van der Waals surface area contributed by atoms with Gasteiger partial charge in [-0.1, -0.05) is 19.9 Å². The summed E-state index contributed by atoms with van der Waals surface area (Å²) in [5, 5.41) is 8.68. The van der Waals surface area contributed by atoms with E-state index in [0.717, 1.165) is 5.57 Å². The zero-order valence-corrected chi connectivity index (χ0v) is 8.54. The Bertz CT molecular complexity index is 186. The highest BCUT2D eigenvalue weighted by molar-refractivity contribution is 5.02. The average Bonchev–Trinajstić information content (AvgIpc) is 2.04. The van der Waals surface area contributed by atoms with Gasteiger partial charge >= 0.3 is 0 Å². The molecule has 1 fully saturated rings. The molecule has 0 atom stereocenters. The van der Waals surface area contributed by atoms with E-state index in [9.17, 15) is 0 Å². The Morgan fingerprint density at radius 1 is 1.46 bits per heavy atom. The van der Waals surface area contributed by atoms with E-state index in [1.54, 1.807) is 6.08 Å². The van der Waals surface area contributed by atoms with Gasteiger partial charge in [-0.3, -0.25) is 0 Å². The first kappa shape index (κ1) is 10.7. The lowest BCUT2D eigenvalue weighted by Crippen LogP contribution is -2.38. The molecule has 0 aromatic carbocycles. The summed E-state index contributed by atoms with van der Waals surface area (Å²) in [6.45, 7) is 7.56. The lowest BCUT2D eigenvalue weighted by molar-refractivity contribution is -0.203. The maximum atomic E-state index is 8.68. The highest BCUT2D eigenvalue weighted by Gasteiger charge is 2.28. The van der Waals surface area contributed by atoms with E-state index in [4.69, 9.17) is 14.6 Å². The molecule has 1 aliphatic rings. The normalized spacial score (nSPS) is 24.8. The molecule has 0 aromatic rings. The minimum Gasteiger partial charge on any atom is -0.392 e. The molecule has 0 aliphatic carbocycles. The van der Waals surface area contributed by atoms with Crippen LogP contribution < -0.4 is 0 Å². The first-order valence-corrected chi connectivity index (χ1v) is 4.56. The van der Waals surface area contributed by atoms with Gasteiger partial charge in [0.05, 0.1) is 19.8 Å². The number of hydrogen-bond acceptors (Lipinski definition) is 3. The van der Waals surface area contributed by atoms with E-state index < -0.39 is 0 Å². The Labute approximate surface area is 79.3 Å². The van der Waals surface area contributed by atoms with Crippen molar-refractivity contribution in [3.8, 4) is 0 Å². The van der Waals surface area contributed by atoms with Crippen LogP contribution in [0.25, 0.3) is 0 Å². The number of rotatable bonds is 2. The van der Waals surface area contributed by atoms with E-state index >= 15 is 0 Å². The molecule has 0 amide bonds. The van der Waals surface area contributed by atoms with Gasteiger partial charge in [0.15, 0.2) is 6.29 Å². The van der Waals surface area contributed by atoms with E-state index in [0.29, 0.717) is 13.2 Å². The molecular formula is C10H18O3. The molecule has 13 heavy (non-hydrogen) atoms. The maximum Gasteiger partial charge on any atom is 0.179 e. The smallest absolute Gasteiger partial charge is 0.179 e. The largest absolute Gasteiger partial charge is 0.392 e. The van der Waals surface area contributed by atoms with Crippen LogP contribution >= 0.6 is 0 Å². The molecule has 0 aromatic heterocycles. The van der Waals surface area contributed by atoms with Gasteiger partial charge in [-0.2, -0.15) is 0 Å². The van der Waals surface area contributed by atoms with Gasteiger partial charge < -0.3 is 14.6 Å². The second-order valence-corrected chi connectivity index (χ2v) is 4.25. The third-order valence-electron chi connectivity index (χ3n) is 2.04. The molecular weight excluding hydrogens is 168 g/mol. The first-order valence-electron chi connectivity index (χ1n) is 4.56. The van der Waals surface area contributed by atoms with Crippen LogP contribution in [0.15, 0.2) is 11.6 Å². The molecule has 0 saturated carbocycles. The van der Waals surface area contributed by atoms with Crippen molar-refractivity contribution in [1.82, 2.24) is 0 Å². The molecule has 0 bridgehead atoms. The SMILES string of the molecule is CC(=CCO)C1OCC(C)(C)CO1. The van der Waals surface area contributed by atoms with E-state index in [-0.39, 0.29) is 18.3 Å². The molecule has 1 aliphatic heterocycles.